The Morgan fingerprint density at radius 3 is 2.17 bits per heavy atom. The third-order valence-corrected chi connectivity index (χ3v) is 1.30. The molecule has 0 aliphatic rings. The Kier molecular flexibility index (Phi) is 26.0. The fourth-order valence-corrected chi connectivity index (χ4v) is 0.563. The minimum Gasteiger partial charge on any atom is -0.662 e. The third kappa shape index (κ3) is 12.8. The van der Waals surface area contributed by atoms with Crippen LogP contribution in [-0.2, 0) is 22.2 Å². The van der Waals surface area contributed by atoms with Crippen molar-refractivity contribution in [3.8, 4) is 0 Å². The zero-order valence-electron chi connectivity index (χ0n) is 8.25. The van der Waals surface area contributed by atoms with Crippen LogP contribution in [0, 0.1) is 12.8 Å². The largest absolute Gasteiger partial charge is 2.00 e. The molecule has 0 aromatic heterocycles. The number of rotatable bonds is 5. The normalized spacial score (nSPS) is 10.3. The van der Waals surface area contributed by atoms with Crippen molar-refractivity contribution < 1.29 is 22.2 Å². The summed E-state index contributed by atoms with van der Waals surface area (Å²) in [5.41, 5.74) is 0. The van der Waals surface area contributed by atoms with Crippen LogP contribution in [0.3, 0.4) is 0 Å². The minimum absolute atomic E-state index is 0. The summed E-state index contributed by atoms with van der Waals surface area (Å²) in [4.78, 5) is 10.2. The van der Waals surface area contributed by atoms with Crippen LogP contribution >= 0.6 is 0 Å². The van der Waals surface area contributed by atoms with Gasteiger partial charge in [-0.1, -0.05) is 13.8 Å². The maximum absolute atomic E-state index is 10.2. The molecule has 0 aliphatic carbocycles. The predicted molar refractivity (Wildman–Crippen MR) is 49.6 cm³/mol. The first-order chi connectivity index (χ1) is 5.35. The van der Waals surface area contributed by atoms with E-state index in [1.165, 1.54) is 0 Å². The fourth-order valence-electron chi connectivity index (χ4n) is 0.563. The summed E-state index contributed by atoms with van der Waals surface area (Å²) in [7, 11) is 0. The number of carbonyl (C=O) groups is 1. The van der Waals surface area contributed by atoms with Crippen LogP contribution < -0.4 is 0 Å². The van der Waals surface area contributed by atoms with Gasteiger partial charge in [0.15, 0.2) is 0 Å². The van der Waals surface area contributed by atoms with Crippen LogP contribution in [0.25, 0.3) is 5.32 Å². The van der Waals surface area contributed by atoms with Crippen molar-refractivity contribution in [2.24, 2.45) is 5.92 Å². The first-order valence-electron chi connectivity index (χ1n) is 4.14. The van der Waals surface area contributed by atoms with Gasteiger partial charge >= 0.3 is 17.4 Å². The quantitative estimate of drug-likeness (QED) is 0.505. The summed E-state index contributed by atoms with van der Waals surface area (Å²) < 4.78 is 0. The predicted octanol–water partition coefficient (Wildman–Crippen LogP) is 2.44. The molecule has 2 nitrogen and oxygen atoms in total. The zero-order chi connectivity index (χ0) is 9.11. The van der Waals surface area contributed by atoms with Gasteiger partial charge in [0.05, 0.1) is 0 Å². The standard InChI is InChI=1S/C7H14NO.C2H5.Cr/c1-3-7(6-9)5-8-4-2;1-2;/h6-7H,3-5H2,1-2H3;1H2,2H3;/q2*-1;+2. The molecule has 0 spiro atoms. The van der Waals surface area contributed by atoms with Crippen LogP contribution in [0.2, 0.25) is 0 Å². The van der Waals surface area contributed by atoms with E-state index in [4.69, 9.17) is 0 Å². The Hall–Kier alpha value is 0.162. The monoisotopic (exact) mass is 209 g/mol. The molecule has 0 amide bonds. The fraction of sp³-hybridized carbons (Fsp3) is 0.778. The molecule has 0 radical (unpaired) electrons. The van der Waals surface area contributed by atoms with E-state index in [9.17, 15) is 4.79 Å². The van der Waals surface area contributed by atoms with E-state index >= 15 is 0 Å². The van der Waals surface area contributed by atoms with Crippen molar-refractivity contribution >= 4 is 6.29 Å². The van der Waals surface area contributed by atoms with Gasteiger partial charge in [-0.25, -0.2) is 0 Å². The SMILES string of the molecule is CC[N-]CC(C=O)CC.[CH2-]C.[Cr+2]. The maximum atomic E-state index is 10.2. The molecule has 0 aliphatic heterocycles. The van der Waals surface area contributed by atoms with Crippen molar-refractivity contribution in [3.05, 3.63) is 12.2 Å². The van der Waals surface area contributed by atoms with Crippen LogP contribution in [0.5, 0.6) is 0 Å². The van der Waals surface area contributed by atoms with Crippen molar-refractivity contribution in [2.75, 3.05) is 13.1 Å². The first kappa shape index (κ1) is 18.1. The van der Waals surface area contributed by atoms with Gasteiger partial charge in [-0.3, -0.25) is 0 Å². The Bertz CT molecular complexity index is 78.9. The summed E-state index contributed by atoms with van der Waals surface area (Å²) in [6.45, 7) is 10.5. The molecule has 0 aromatic rings. The second-order valence-corrected chi connectivity index (χ2v) is 2.03. The smallest absolute Gasteiger partial charge is 0.662 e. The number of hydrogen-bond acceptors (Lipinski definition) is 1. The molecule has 0 heterocycles. The van der Waals surface area contributed by atoms with Gasteiger partial charge in [-0.15, -0.1) is 6.54 Å². The second-order valence-electron chi connectivity index (χ2n) is 2.03. The van der Waals surface area contributed by atoms with Crippen LogP contribution in [0.1, 0.15) is 27.2 Å². The van der Waals surface area contributed by atoms with E-state index in [2.05, 4.69) is 12.2 Å². The van der Waals surface area contributed by atoms with Crippen LogP contribution in [-0.4, -0.2) is 19.4 Å². The minimum atomic E-state index is 0. The van der Waals surface area contributed by atoms with Crippen LogP contribution in [0.4, 0.5) is 0 Å². The van der Waals surface area contributed by atoms with Gasteiger partial charge in [0.25, 0.3) is 0 Å². The second kappa shape index (κ2) is 17.3. The summed E-state index contributed by atoms with van der Waals surface area (Å²) >= 11 is 0. The zero-order valence-corrected chi connectivity index (χ0v) is 9.52. The first-order valence-corrected chi connectivity index (χ1v) is 4.14. The number of carbonyl (C=O) groups excluding carboxylic acids is 1. The molecule has 72 valence electrons. The van der Waals surface area contributed by atoms with E-state index in [1.54, 1.807) is 6.92 Å². The third-order valence-electron chi connectivity index (χ3n) is 1.30. The molecule has 0 N–H and O–H groups in total. The van der Waals surface area contributed by atoms with Crippen molar-refractivity contribution in [1.82, 2.24) is 0 Å². The van der Waals surface area contributed by atoms with E-state index < -0.39 is 0 Å². The number of hydrogen-bond donors (Lipinski definition) is 0. The maximum Gasteiger partial charge on any atom is 2.00 e. The Labute approximate surface area is 87.2 Å². The van der Waals surface area contributed by atoms with Gasteiger partial charge in [0.2, 0.25) is 0 Å². The van der Waals surface area contributed by atoms with Crippen molar-refractivity contribution in [3.63, 3.8) is 0 Å². The van der Waals surface area contributed by atoms with Gasteiger partial charge in [0.1, 0.15) is 6.29 Å². The van der Waals surface area contributed by atoms with Crippen molar-refractivity contribution in [2.45, 2.75) is 27.2 Å². The average molecular weight is 209 g/mol. The molecule has 0 saturated carbocycles. The van der Waals surface area contributed by atoms with Crippen LogP contribution in [0.15, 0.2) is 0 Å². The molecule has 0 fully saturated rings. The van der Waals surface area contributed by atoms with Crippen molar-refractivity contribution in [1.29, 1.82) is 0 Å². The molecule has 1 atom stereocenters. The molecule has 0 rings (SSSR count). The Balaban J connectivity index is -0.000000249. The van der Waals surface area contributed by atoms with Gasteiger partial charge in [0, 0.05) is 0 Å². The molecular formula is C9H19CrNO. The molecule has 0 saturated heterocycles. The van der Waals surface area contributed by atoms with Gasteiger partial charge in [-0.05, 0) is 12.3 Å². The number of nitrogens with zero attached hydrogens (tertiary/aromatic N) is 1. The summed E-state index contributed by atoms with van der Waals surface area (Å²) in [5.74, 6) is 0.157. The van der Waals surface area contributed by atoms with Gasteiger partial charge in [-0.2, -0.15) is 13.5 Å². The van der Waals surface area contributed by atoms with E-state index in [0.29, 0.717) is 6.54 Å². The number of aldehydes is 1. The van der Waals surface area contributed by atoms with E-state index in [1.807, 2.05) is 13.8 Å². The van der Waals surface area contributed by atoms with Gasteiger partial charge < -0.3 is 17.0 Å². The molecule has 3 heteroatoms. The molecule has 12 heavy (non-hydrogen) atoms. The van der Waals surface area contributed by atoms with E-state index in [0.717, 1.165) is 19.3 Å². The van der Waals surface area contributed by atoms with E-state index in [-0.39, 0.29) is 23.3 Å². The summed E-state index contributed by atoms with van der Waals surface area (Å²) in [5, 5.41) is 4.08. The topological polar surface area (TPSA) is 31.2 Å². The molecule has 0 bridgehead atoms. The molecule has 1 unspecified atom stereocenters. The average Bonchev–Trinajstić information content (AvgIpc) is 2.10. The molecular weight excluding hydrogens is 190 g/mol. The summed E-state index contributed by atoms with van der Waals surface area (Å²) in [6, 6.07) is 0. The Morgan fingerprint density at radius 2 is 1.92 bits per heavy atom. The Morgan fingerprint density at radius 1 is 1.42 bits per heavy atom. The summed E-state index contributed by atoms with van der Waals surface area (Å²) in [6.07, 6.45) is 1.90. The molecule has 0 aromatic carbocycles.